The highest BCUT2D eigenvalue weighted by molar-refractivity contribution is 9.10. The predicted molar refractivity (Wildman–Crippen MR) is 92.8 cm³/mol. The molecule has 1 aromatic rings. The minimum absolute atomic E-state index is 0.219. The van der Waals surface area contributed by atoms with Gasteiger partial charge in [0, 0.05) is 24.7 Å². The van der Waals surface area contributed by atoms with E-state index in [2.05, 4.69) is 57.5 Å². The smallest absolute Gasteiger partial charge is 0.191 e. The van der Waals surface area contributed by atoms with E-state index in [1.165, 1.54) is 11.1 Å². The fourth-order valence-electron chi connectivity index (χ4n) is 1.71. The van der Waals surface area contributed by atoms with E-state index in [0.29, 0.717) is 13.1 Å². The van der Waals surface area contributed by atoms with Crippen molar-refractivity contribution in [2.24, 2.45) is 4.99 Å². The summed E-state index contributed by atoms with van der Waals surface area (Å²) in [7, 11) is 1.72. The van der Waals surface area contributed by atoms with Crippen molar-refractivity contribution in [2.45, 2.75) is 39.8 Å². The zero-order chi connectivity index (χ0) is 15.9. The van der Waals surface area contributed by atoms with Crippen molar-refractivity contribution >= 4 is 21.9 Å². The lowest BCUT2D eigenvalue weighted by atomic mass is 10.1. The van der Waals surface area contributed by atoms with Crippen molar-refractivity contribution in [1.29, 1.82) is 0 Å². The average Bonchev–Trinajstić information content (AvgIpc) is 2.43. The molecule has 118 valence electrons. The van der Waals surface area contributed by atoms with Crippen LogP contribution in [0, 0.1) is 6.92 Å². The van der Waals surface area contributed by atoms with Gasteiger partial charge in [0.05, 0.1) is 12.1 Å². The molecule has 0 aliphatic heterocycles. The Morgan fingerprint density at radius 2 is 2.05 bits per heavy atom. The number of hydrogen-bond acceptors (Lipinski definition) is 2. The molecule has 2 N–H and O–H groups in total. The lowest BCUT2D eigenvalue weighted by Crippen LogP contribution is -2.45. The molecule has 0 amide bonds. The monoisotopic (exact) mass is 355 g/mol. The number of benzene rings is 1. The summed E-state index contributed by atoms with van der Waals surface area (Å²) >= 11 is 3.48. The maximum atomic E-state index is 5.41. The molecule has 0 saturated carbocycles. The Morgan fingerprint density at radius 3 is 2.62 bits per heavy atom. The van der Waals surface area contributed by atoms with Crippen LogP contribution < -0.4 is 10.6 Å². The lowest BCUT2D eigenvalue weighted by molar-refractivity contribution is 0.0268. The van der Waals surface area contributed by atoms with E-state index in [1.807, 2.05) is 19.9 Å². The first-order chi connectivity index (χ1) is 9.88. The summed E-state index contributed by atoms with van der Waals surface area (Å²) in [6, 6.07) is 6.26. The zero-order valence-corrected chi connectivity index (χ0v) is 15.2. The average molecular weight is 356 g/mol. The summed E-state index contributed by atoms with van der Waals surface area (Å²) < 4.78 is 6.51. The molecule has 0 bridgehead atoms. The molecule has 0 spiro atoms. The number of aliphatic imine (C=N–C) groups is 1. The molecule has 0 saturated heterocycles. The molecule has 0 fully saturated rings. The number of guanidine groups is 1. The van der Waals surface area contributed by atoms with E-state index in [-0.39, 0.29) is 5.60 Å². The van der Waals surface area contributed by atoms with Gasteiger partial charge in [-0.3, -0.25) is 0 Å². The molecular weight excluding hydrogens is 330 g/mol. The fourth-order valence-corrected chi connectivity index (χ4v) is 2.19. The quantitative estimate of drug-likeness (QED) is 0.608. The van der Waals surface area contributed by atoms with Gasteiger partial charge in [-0.25, -0.2) is 4.99 Å². The third-order valence-electron chi connectivity index (χ3n) is 3.29. The van der Waals surface area contributed by atoms with E-state index in [0.717, 1.165) is 17.0 Å². The molecule has 0 unspecified atom stereocenters. The van der Waals surface area contributed by atoms with Crippen molar-refractivity contribution < 1.29 is 4.74 Å². The van der Waals surface area contributed by atoms with Gasteiger partial charge in [-0.05, 0) is 51.0 Å². The Hall–Kier alpha value is -1.07. The lowest BCUT2D eigenvalue weighted by Gasteiger charge is -2.24. The number of hydrogen-bond donors (Lipinski definition) is 2. The van der Waals surface area contributed by atoms with Gasteiger partial charge >= 0.3 is 0 Å². The van der Waals surface area contributed by atoms with E-state index in [4.69, 9.17) is 4.74 Å². The molecule has 1 aromatic carbocycles. The van der Waals surface area contributed by atoms with Gasteiger partial charge < -0.3 is 15.4 Å². The van der Waals surface area contributed by atoms with Crippen LogP contribution in [0.2, 0.25) is 0 Å². The highest BCUT2D eigenvalue weighted by atomic mass is 79.9. The van der Waals surface area contributed by atoms with Gasteiger partial charge in [0.1, 0.15) is 0 Å². The van der Waals surface area contributed by atoms with Crippen molar-refractivity contribution in [2.75, 3.05) is 20.2 Å². The predicted octanol–water partition coefficient (Wildman–Crippen LogP) is 3.24. The number of nitrogens with zero attached hydrogens (tertiary/aromatic N) is 1. The van der Waals surface area contributed by atoms with Gasteiger partial charge in [0.25, 0.3) is 0 Å². The van der Waals surface area contributed by atoms with Crippen molar-refractivity contribution in [1.82, 2.24) is 10.6 Å². The maximum Gasteiger partial charge on any atom is 0.191 e. The third kappa shape index (κ3) is 6.48. The SMILES string of the molecule is CCNC(=NCc1ccc(Br)cc1C)NCC(C)(C)OC. The number of ether oxygens (including phenoxy) is 1. The Balaban J connectivity index is 2.71. The van der Waals surface area contributed by atoms with E-state index in [9.17, 15) is 0 Å². The maximum absolute atomic E-state index is 5.41. The standard InChI is InChI=1S/C16H26BrN3O/c1-6-18-15(20-11-16(3,4)21-5)19-10-13-7-8-14(17)9-12(13)2/h7-9H,6,10-11H2,1-5H3,(H2,18,19,20). The summed E-state index contributed by atoms with van der Waals surface area (Å²) in [4.78, 5) is 4.64. The number of nitrogens with one attached hydrogen (secondary N) is 2. The van der Waals surface area contributed by atoms with Gasteiger partial charge in [-0.1, -0.05) is 22.0 Å². The molecule has 4 nitrogen and oxygen atoms in total. The Kier molecular flexibility index (Phi) is 7.18. The molecule has 0 atom stereocenters. The van der Waals surface area contributed by atoms with Gasteiger partial charge in [-0.2, -0.15) is 0 Å². The molecule has 5 heteroatoms. The second-order valence-electron chi connectivity index (χ2n) is 5.58. The summed E-state index contributed by atoms with van der Waals surface area (Å²) in [6.45, 7) is 10.4. The van der Waals surface area contributed by atoms with Crippen molar-refractivity contribution in [3.05, 3.63) is 33.8 Å². The van der Waals surface area contributed by atoms with Gasteiger partial charge in [-0.15, -0.1) is 0 Å². The largest absolute Gasteiger partial charge is 0.377 e. The zero-order valence-electron chi connectivity index (χ0n) is 13.6. The van der Waals surface area contributed by atoms with E-state index < -0.39 is 0 Å². The van der Waals surface area contributed by atoms with Gasteiger partial charge in [0.2, 0.25) is 0 Å². The van der Waals surface area contributed by atoms with Crippen LogP contribution in [0.4, 0.5) is 0 Å². The van der Waals surface area contributed by atoms with Crippen molar-refractivity contribution in [3.63, 3.8) is 0 Å². The summed E-state index contributed by atoms with van der Waals surface area (Å²) in [5.41, 5.74) is 2.24. The number of halogens is 1. The first kappa shape index (κ1) is 18.0. The summed E-state index contributed by atoms with van der Waals surface area (Å²) in [6.07, 6.45) is 0. The molecule has 0 heterocycles. The van der Waals surface area contributed by atoms with Crippen LogP contribution in [0.15, 0.2) is 27.7 Å². The van der Waals surface area contributed by atoms with E-state index >= 15 is 0 Å². The fraction of sp³-hybridized carbons (Fsp3) is 0.562. The van der Waals surface area contributed by atoms with Crippen LogP contribution in [0.25, 0.3) is 0 Å². The second-order valence-corrected chi connectivity index (χ2v) is 6.50. The molecular formula is C16H26BrN3O. The topological polar surface area (TPSA) is 45.7 Å². The molecule has 0 aromatic heterocycles. The first-order valence-corrected chi connectivity index (χ1v) is 7.99. The van der Waals surface area contributed by atoms with Crippen LogP contribution in [0.3, 0.4) is 0 Å². The Labute approximate surface area is 136 Å². The minimum atomic E-state index is -0.219. The number of rotatable bonds is 6. The van der Waals surface area contributed by atoms with Crippen LogP contribution in [0.1, 0.15) is 31.9 Å². The minimum Gasteiger partial charge on any atom is -0.377 e. The van der Waals surface area contributed by atoms with Gasteiger partial charge in [0.15, 0.2) is 5.96 Å². The first-order valence-electron chi connectivity index (χ1n) is 7.20. The number of aryl methyl sites for hydroxylation is 1. The second kappa shape index (κ2) is 8.39. The molecule has 0 radical (unpaired) electrons. The van der Waals surface area contributed by atoms with Crippen LogP contribution in [-0.4, -0.2) is 31.8 Å². The molecule has 0 aliphatic rings. The van der Waals surface area contributed by atoms with Crippen LogP contribution >= 0.6 is 15.9 Å². The molecule has 21 heavy (non-hydrogen) atoms. The van der Waals surface area contributed by atoms with E-state index in [1.54, 1.807) is 7.11 Å². The summed E-state index contributed by atoms with van der Waals surface area (Å²) in [5, 5.41) is 6.57. The highest BCUT2D eigenvalue weighted by Gasteiger charge is 2.16. The third-order valence-corrected chi connectivity index (χ3v) is 3.78. The number of methoxy groups -OCH3 is 1. The van der Waals surface area contributed by atoms with Crippen LogP contribution in [-0.2, 0) is 11.3 Å². The Morgan fingerprint density at radius 1 is 1.33 bits per heavy atom. The molecule has 1 rings (SSSR count). The Bertz CT molecular complexity index is 486. The molecule has 0 aliphatic carbocycles. The van der Waals surface area contributed by atoms with Crippen LogP contribution in [0.5, 0.6) is 0 Å². The van der Waals surface area contributed by atoms with Crippen molar-refractivity contribution in [3.8, 4) is 0 Å². The normalized spacial score (nSPS) is 12.4. The summed E-state index contributed by atoms with van der Waals surface area (Å²) in [5.74, 6) is 0.810. The highest BCUT2D eigenvalue weighted by Crippen LogP contribution is 2.16.